The number of halogens is 2. The van der Waals surface area contributed by atoms with Crippen molar-refractivity contribution in [1.29, 1.82) is 0 Å². The third-order valence-corrected chi connectivity index (χ3v) is 4.22. The molecule has 3 heteroatoms. The van der Waals surface area contributed by atoms with Crippen LogP contribution in [0.4, 0.5) is 8.78 Å². The molecule has 0 radical (unpaired) electrons. The van der Waals surface area contributed by atoms with Crippen LogP contribution in [-0.4, -0.2) is 6.54 Å². The van der Waals surface area contributed by atoms with Gasteiger partial charge in [-0.15, -0.1) is 0 Å². The highest BCUT2D eigenvalue weighted by molar-refractivity contribution is 5.25. The third kappa shape index (κ3) is 2.56. The molecule has 18 heavy (non-hydrogen) atoms. The molecular formula is C15H21F2N. The highest BCUT2D eigenvalue weighted by Gasteiger charge is 2.36. The van der Waals surface area contributed by atoms with Gasteiger partial charge in [0, 0.05) is 0 Å². The lowest BCUT2D eigenvalue weighted by atomic mass is 9.65. The van der Waals surface area contributed by atoms with E-state index in [1.54, 1.807) is 12.1 Å². The van der Waals surface area contributed by atoms with Crippen molar-refractivity contribution in [2.24, 2.45) is 17.1 Å². The van der Waals surface area contributed by atoms with Crippen molar-refractivity contribution >= 4 is 0 Å². The van der Waals surface area contributed by atoms with Gasteiger partial charge in [0.1, 0.15) is 0 Å². The Morgan fingerprint density at radius 1 is 1.33 bits per heavy atom. The summed E-state index contributed by atoms with van der Waals surface area (Å²) in [5, 5.41) is 0. The van der Waals surface area contributed by atoms with Crippen LogP contribution in [0.2, 0.25) is 0 Å². The predicted molar refractivity (Wildman–Crippen MR) is 69.3 cm³/mol. The molecule has 2 rings (SSSR count). The standard InChI is InChI=1S/C15H21F2N/c1-15(2)7-6-10(9-18)12(8-15)11-4-3-5-13(16)14(11)17/h3-5,10,12H,6-9,18H2,1-2H3. The molecule has 0 saturated heterocycles. The minimum atomic E-state index is -0.758. The summed E-state index contributed by atoms with van der Waals surface area (Å²) in [6, 6.07) is 4.46. The van der Waals surface area contributed by atoms with E-state index in [1.165, 1.54) is 6.07 Å². The SMILES string of the molecule is CC1(C)CCC(CN)C(c2cccc(F)c2F)C1. The van der Waals surface area contributed by atoms with Gasteiger partial charge in [0.25, 0.3) is 0 Å². The van der Waals surface area contributed by atoms with E-state index in [9.17, 15) is 8.78 Å². The second kappa shape index (κ2) is 4.96. The lowest BCUT2D eigenvalue weighted by Gasteiger charge is -2.40. The summed E-state index contributed by atoms with van der Waals surface area (Å²) in [5.41, 5.74) is 6.47. The van der Waals surface area contributed by atoms with Gasteiger partial charge in [-0.1, -0.05) is 26.0 Å². The highest BCUT2D eigenvalue weighted by Crippen LogP contribution is 2.46. The van der Waals surface area contributed by atoms with Crippen molar-refractivity contribution < 1.29 is 8.78 Å². The summed E-state index contributed by atoms with van der Waals surface area (Å²) in [6.45, 7) is 4.91. The molecule has 2 N–H and O–H groups in total. The van der Waals surface area contributed by atoms with Gasteiger partial charge < -0.3 is 5.73 Å². The maximum absolute atomic E-state index is 13.9. The Bertz CT molecular complexity index is 429. The first kappa shape index (κ1) is 13.5. The summed E-state index contributed by atoms with van der Waals surface area (Å²) < 4.78 is 27.3. The fourth-order valence-electron chi connectivity index (χ4n) is 3.09. The lowest BCUT2D eigenvalue weighted by molar-refractivity contribution is 0.163. The van der Waals surface area contributed by atoms with Gasteiger partial charge in [-0.3, -0.25) is 0 Å². The Kier molecular flexibility index (Phi) is 3.71. The largest absolute Gasteiger partial charge is 0.330 e. The number of hydrogen-bond acceptors (Lipinski definition) is 1. The molecule has 1 aliphatic carbocycles. The van der Waals surface area contributed by atoms with Crippen LogP contribution in [0.25, 0.3) is 0 Å². The number of hydrogen-bond donors (Lipinski definition) is 1. The number of rotatable bonds is 2. The van der Waals surface area contributed by atoms with E-state index in [0.717, 1.165) is 19.3 Å². The molecule has 0 aliphatic heterocycles. The van der Waals surface area contributed by atoms with E-state index >= 15 is 0 Å². The zero-order valence-electron chi connectivity index (χ0n) is 11.0. The summed E-state index contributed by atoms with van der Waals surface area (Å²) in [7, 11) is 0. The Hall–Kier alpha value is -0.960. The van der Waals surface area contributed by atoms with Crippen LogP contribution in [0, 0.1) is 23.0 Å². The van der Waals surface area contributed by atoms with Crippen LogP contribution in [0.15, 0.2) is 18.2 Å². The quantitative estimate of drug-likeness (QED) is 0.851. The topological polar surface area (TPSA) is 26.0 Å². The van der Waals surface area contributed by atoms with Crippen LogP contribution < -0.4 is 5.73 Å². The molecule has 0 amide bonds. The van der Waals surface area contributed by atoms with Gasteiger partial charge in [-0.2, -0.15) is 0 Å². The van der Waals surface area contributed by atoms with E-state index in [4.69, 9.17) is 5.73 Å². The molecule has 1 aromatic rings. The Labute approximate surface area is 107 Å². The average molecular weight is 253 g/mol. The first-order valence-corrected chi connectivity index (χ1v) is 6.58. The van der Waals surface area contributed by atoms with Crippen molar-refractivity contribution in [3.8, 4) is 0 Å². The van der Waals surface area contributed by atoms with Gasteiger partial charge in [0.15, 0.2) is 11.6 Å². The molecule has 0 heterocycles. The molecule has 1 aromatic carbocycles. The van der Waals surface area contributed by atoms with Crippen LogP contribution in [0.1, 0.15) is 44.6 Å². The molecule has 100 valence electrons. The van der Waals surface area contributed by atoms with Gasteiger partial charge in [-0.25, -0.2) is 8.78 Å². The molecule has 0 bridgehead atoms. The molecule has 1 nitrogen and oxygen atoms in total. The van der Waals surface area contributed by atoms with Gasteiger partial charge >= 0.3 is 0 Å². The molecule has 0 spiro atoms. The van der Waals surface area contributed by atoms with Crippen LogP contribution >= 0.6 is 0 Å². The summed E-state index contributed by atoms with van der Waals surface area (Å²) in [4.78, 5) is 0. The van der Waals surface area contributed by atoms with Crippen LogP contribution in [0.3, 0.4) is 0 Å². The molecule has 1 fully saturated rings. The van der Waals surface area contributed by atoms with Gasteiger partial charge in [0.2, 0.25) is 0 Å². The van der Waals surface area contributed by atoms with E-state index in [-0.39, 0.29) is 17.3 Å². The molecule has 1 aliphatic rings. The van der Waals surface area contributed by atoms with E-state index < -0.39 is 11.6 Å². The lowest BCUT2D eigenvalue weighted by Crippen LogP contribution is -2.33. The van der Waals surface area contributed by atoms with Crippen molar-refractivity contribution in [2.75, 3.05) is 6.54 Å². The van der Waals surface area contributed by atoms with E-state index in [2.05, 4.69) is 13.8 Å². The maximum Gasteiger partial charge on any atom is 0.162 e. The molecule has 1 saturated carbocycles. The van der Waals surface area contributed by atoms with Gasteiger partial charge in [0.05, 0.1) is 0 Å². The fraction of sp³-hybridized carbons (Fsp3) is 0.600. The summed E-state index contributed by atoms with van der Waals surface area (Å²) in [6.07, 6.45) is 2.96. The minimum absolute atomic E-state index is 0.0365. The maximum atomic E-state index is 13.9. The van der Waals surface area contributed by atoms with Crippen molar-refractivity contribution in [3.05, 3.63) is 35.4 Å². The summed E-state index contributed by atoms with van der Waals surface area (Å²) in [5.74, 6) is -1.16. The Morgan fingerprint density at radius 3 is 2.72 bits per heavy atom. The monoisotopic (exact) mass is 253 g/mol. The normalized spacial score (nSPS) is 27.2. The zero-order chi connectivity index (χ0) is 13.3. The zero-order valence-corrected chi connectivity index (χ0v) is 11.0. The second-order valence-electron chi connectivity index (χ2n) is 6.15. The fourth-order valence-corrected chi connectivity index (χ4v) is 3.09. The highest BCUT2D eigenvalue weighted by atomic mass is 19.2. The Morgan fingerprint density at radius 2 is 2.06 bits per heavy atom. The second-order valence-corrected chi connectivity index (χ2v) is 6.15. The van der Waals surface area contributed by atoms with Crippen molar-refractivity contribution in [1.82, 2.24) is 0 Å². The number of benzene rings is 1. The average Bonchev–Trinajstić information content (AvgIpc) is 2.32. The first-order valence-electron chi connectivity index (χ1n) is 6.58. The van der Waals surface area contributed by atoms with Crippen LogP contribution in [-0.2, 0) is 0 Å². The first-order chi connectivity index (χ1) is 8.44. The minimum Gasteiger partial charge on any atom is -0.330 e. The van der Waals surface area contributed by atoms with Crippen molar-refractivity contribution in [3.63, 3.8) is 0 Å². The third-order valence-electron chi connectivity index (χ3n) is 4.22. The van der Waals surface area contributed by atoms with Gasteiger partial charge in [-0.05, 0) is 54.7 Å². The molecule has 2 atom stereocenters. The predicted octanol–water partition coefficient (Wildman–Crippen LogP) is 3.83. The molecular weight excluding hydrogens is 232 g/mol. The Balaban J connectivity index is 2.36. The van der Waals surface area contributed by atoms with Crippen LogP contribution in [0.5, 0.6) is 0 Å². The molecule has 0 aromatic heterocycles. The van der Waals surface area contributed by atoms with E-state index in [1.807, 2.05) is 0 Å². The molecule has 2 unspecified atom stereocenters. The van der Waals surface area contributed by atoms with E-state index in [0.29, 0.717) is 12.1 Å². The summed E-state index contributed by atoms with van der Waals surface area (Å²) >= 11 is 0. The van der Waals surface area contributed by atoms with Crippen molar-refractivity contribution in [2.45, 2.75) is 39.0 Å². The smallest absolute Gasteiger partial charge is 0.162 e. The number of nitrogens with two attached hydrogens (primary N) is 1.